The van der Waals surface area contributed by atoms with Crippen LogP contribution in [0.25, 0.3) is 21.8 Å². The number of fused-ring (bicyclic) bond motifs is 9. The fraction of sp³-hybridized carbons (Fsp3) is 0.548. The van der Waals surface area contributed by atoms with Crippen molar-refractivity contribution in [2.24, 2.45) is 23.2 Å². The number of methoxy groups -OCH3 is 2. The van der Waals surface area contributed by atoms with Crippen molar-refractivity contribution in [1.29, 1.82) is 0 Å². The van der Waals surface area contributed by atoms with Crippen LogP contribution in [-0.2, 0) is 22.4 Å². The van der Waals surface area contributed by atoms with Crippen LogP contribution >= 0.6 is 0 Å². The maximum absolute atomic E-state index is 14.2. The van der Waals surface area contributed by atoms with E-state index < -0.39 is 5.41 Å². The molecule has 1 saturated carbocycles. The Morgan fingerprint density at radius 2 is 1.90 bits per heavy atom. The van der Waals surface area contributed by atoms with Crippen molar-refractivity contribution >= 4 is 27.8 Å². The van der Waals surface area contributed by atoms with Crippen molar-refractivity contribution in [1.82, 2.24) is 19.8 Å². The first-order valence-electron chi connectivity index (χ1n) is 19.0. The van der Waals surface area contributed by atoms with Gasteiger partial charge in [-0.1, -0.05) is 29.8 Å². The van der Waals surface area contributed by atoms with Crippen LogP contribution in [0.15, 0.2) is 48.0 Å². The van der Waals surface area contributed by atoms with E-state index in [4.69, 9.17) is 9.47 Å². The van der Waals surface area contributed by atoms with Crippen molar-refractivity contribution < 1.29 is 24.5 Å². The van der Waals surface area contributed by atoms with E-state index in [0.717, 1.165) is 77.9 Å². The van der Waals surface area contributed by atoms with Gasteiger partial charge in [-0.25, -0.2) is 0 Å². The van der Waals surface area contributed by atoms with Gasteiger partial charge in [0.2, 0.25) is 0 Å². The average Bonchev–Trinajstić information content (AvgIpc) is 3.67. The number of likely N-dealkylation sites (N-methyl/N-ethyl adjacent to an activating group) is 1. The number of hydrogen-bond donors (Lipinski definition) is 4. The first-order valence-corrected chi connectivity index (χ1v) is 19.0. The molecule has 2 aromatic heterocycles. The number of carbonyl (C=O) groups excluding carboxylic acids is 1. The number of piperidine rings is 3. The normalized spacial score (nSPS) is 34.5. The van der Waals surface area contributed by atoms with Crippen LogP contribution in [0.4, 0.5) is 0 Å². The lowest BCUT2D eigenvalue weighted by atomic mass is 9.58. The van der Waals surface area contributed by atoms with Gasteiger partial charge in [0.1, 0.15) is 11.2 Å². The Balaban J connectivity index is 1.30. The molecule has 4 N–H and O–H groups in total. The number of carbonyl (C=O) groups is 1. The van der Waals surface area contributed by atoms with Crippen LogP contribution in [0.1, 0.15) is 73.0 Å². The first kappa shape index (κ1) is 33.2. The third-order valence-corrected chi connectivity index (χ3v) is 14.2. The van der Waals surface area contributed by atoms with Crippen LogP contribution in [0.2, 0.25) is 0 Å². The molecule has 270 valence electrons. The Hall–Kier alpha value is -3.63. The van der Waals surface area contributed by atoms with Crippen molar-refractivity contribution in [2.75, 3.05) is 47.5 Å². The molecule has 9 heteroatoms. The molecular formula is C42H52N4O5. The molecule has 6 bridgehead atoms. The van der Waals surface area contributed by atoms with Crippen molar-refractivity contribution in [3.63, 3.8) is 0 Å². The molecule has 3 saturated heterocycles. The predicted molar refractivity (Wildman–Crippen MR) is 198 cm³/mol. The van der Waals surface area contributed by atoms with E-state index in [1.807, 2.05) is 6.92 Å². The maximum atomic E-state index is 14.2. The van der Waals surface area contributed by atoms with Gasteiger partial charge in [-0.05, 0) is 88.2 Å². The third-order valence-electron chi connectivity index (χ3n) is 14.2. The summed E-state index contributed by atoms with van der Waals surface area (Å²) in [4.78, 5) is 27.1. The number of rotatable bonds is 5. The monoisotopic (exact) mass is 692 g/mol. The highest BCUT2D eigenvalue weighted by Crippen LogP contribution is 2.56. The number of aromatic amines is 2. The fourth-order valence-corrected chi connectivity index (χ4v) is 12.0. The van der Waals surface area contributed by atoms with Gasteiger partial charge < -0.3 is 29.7 Å². The highest BCUT2D eigenvalue weighted by molar-refractivity contribution is 5.92. The number of H-pyrrole nitrogens is 2. The lowest BCUT2D eigenvalue weighted by Gasteiger charge is -2.54. The molecule has 2 unspecified atom stereocenters. The van der Waals surface area contributed by atoms with Crippen molar-refractivity contribution in [3.05, 3.63) is 76.1 Å². The number of aliphatic hydroxyl groups excluding tert-OH is 2. The molecular weight excluding hydrogens is 640 g/mol. The largest absolute Gasteiger partial charge is 0.496 e. The standard InChI is InChI=1S/C42H52N4O5/c1-6-24-20-45(3)35-18-29-25-9-7-8-10-33(25)43-38(29)30(17-32(24)42(35,21-47)41(49)51-5)36-34(50-4)12-11-26-27-13-14-46-19-23-15-28(22(2)48)40(46)31(16-23)37(27)44-39(26)36/h6-12,22-23,28,30-32,35,40,43-44,47-48H,13-21H2,1-5H3/b24-6-/t22-,23+,28+,30-,31-,32-,35-,40-,42?/m0/s1. The summed E-state index contributed by atoms with van der Waals surface area (Å²) < 4.78 is 11.9. The van der Waals surface area contributed by atoms with E-state index in [0.29, 0.717) is 30.7 Å². The van der Waals surface area contributed by atoms with Crippen molar-refractivity contribution in [2.45, 2.75) is 76.0 Å². The van der Waals surface area contributed by atoms with Crippen LogP contribution in [0.3, 0.4) is 0 Å². The molecule has 0 radical (unpaired) electrons. The van der Waals surface area contributed by atoms with E-state index in [1.165, 1.54) is 29.3 Å². The number of ether oxygens (including phenoxy) is 2. The zero-order valence-electron chi connectivity index (χ0n) is 30.5. The van der Waals surface area contributed by atoms with Gasteiger partial charge in [0.25, 0.3) is 0 Å². The number of para-hydroxylation sites is 1. The Kier molecular flexibility index (Phi) is 7.96. The third kappa shape index (κ3) is 4.63. The summed E-state index contributed by atoms with van der Waals surface area (Å²) >= 11 is 0. The van der Waals surface area contributed by atoms with Crippen molar-refractivity contribution in [3.8, 4) is 5.75 Å². The average molecular weight is 693 g/mol. The predicted octanol–water partition coefficient (Wildman–Crippen LogP) is 5.50. The minimum atomic E-state index is -1.15. The summed E-state index contributed by atoms with van der Waals surface area (Å²) in [5.41, 5.74) is 8.35. The van der Waals surface area contributed by atoms with Gasteiger partial charge in [-0.15, -0.1) is 0 Å². The Morgan fingerprint density at radius 3 is 2.65 bits per heavy atom. The highest BCUT2D eigenvalue weighted by Gasteiger charge is 2.59. The number of nitrogens with one attached hydrogen (secondary N) is 2. The SMILES string of the molecule is C/C=C1/CN(C)[C@H]2Cc3c([nH]c4ccccc34)[C@H](c3c(OC)ccc4c5c([nH]c34)[C@@H]3C[C@H]4C[C@H]([C@H](C)O)[C@@H]3N(CC5)C4)C[C@@H]1C2(CO)C(=O)OC. The molecule has 10 atom stereocenters. The first-order chi connectivity index (χ1) is 24.7. The quantitative estimate of drug-likeness (QED) is 0.162. The fourth-order valence-electron chi connectivity index (χ4n) is 12.0. The highest BCUT2D eigenvalue weighted by atomic mass is 16.5. The van der Waals surface area contributed by atoms with Crippen LogP contribution in [0, 0.1) is 23.2 Å². The second-order valence-corrected chi connectivity index (χ2v) is 16.3. The molecule has 4 aromatic rings. The summed E-state index contributed by atoms with van der Waals surface area (Å²) in [6.45, 7) is 6.58. The van der Waals surface area contributed by atoms with Gasteiger partial charge >= 0.3 is 5.97 Å². The minimum Gasteiger partial charge on any atom is -0.496 e. The molecule has 2 aromatic carbocycles. The number of esters is 1. The van der Waals surface area contributed by atoms with Crippen LogP contribution in [0.5, 0.6) is 5.75 Å². The summed E-state index contributed by atoms with van der Waals surface area (Å²) in [5, 5.41) is 24.8. The van der Waals surface area contributed by atoms with Gasteiger partial charge in [0, 0.05) is 88.6 Å². The molecule has 4 fully saturated rings. The zero-order valence-corrected chi connectivity index (χ0v) is 30.5. The number of aliphatic hydroxyl groups is 2. The Morgan fingerprint density at radius 1 is 1.08 bits per heavy atom. The summed E-state index contributed by atoms with van der Waals surface area (Å²) in [7, 11) is 5.28. The summed E-state index contributed by atoms with van der Waals surface area (Å²) in [5.74, 6) is 1.25. The molecule has 0 spiro atoms. The van der Waals surface area contributed by atoms with E-state index in [2.05, 4.69) is 76.2 Å². The van der Waals surface area contributed by atoms with Gasteiger partial charge in [-0.2, -0.15) is 0 Å². The molecule has 0 amide bonds. The molecule has 2 aliphatic carbocycles. The van der Waals surface area contributed by atoms with E-state index in [-0.39, 0.29) is 42.5 Å². The molecule has 6 aliphatic rings. The lowest BCUT2D eigenvalue weighted by molar-refractivity contribution is -0.169. The van der Waals surface area contributed by atoms with Gasteiger partial charge in [0.05, 0.1) is 32.4 Å². The second-order valence-electron chi connectivity index (χ2n) is 16.3. The number of allylic oxidation sites excluding steroid dienone is 1. The summed E-state index contributed by atoms with van der Waals surface area (Å²) in [6, 6.07) is 12.9. The molecule has 51 heavy (non-hydrogen) atoms. The number of benzene rings is 2. The summed E-state index contributed by atoms with van der Waals surface area (Å²) in [6.07, 6.45) is 6.22. The number of aromatic nitrogens is 2. The Labute approximate surface area is 300 Å². The van der Waals surface area contributed by atoms with E-state index in [1.54, 1.807) is 7.11 Å². The number of likely N-dealkylation sites (tertiary alicyclic amines) is 1. The van der Waals surface area contributed by atoms with Gasteiger partial charge in [0.15, 0.2) is 0 Å². The van der Waals surface area contributed by atoms with Crippen LogP contribution in [-0.4, -0.2) is 102 Å². The smallest absolute Gasteiger partial charge is 0.316 e. The minimum absolute atomic E-state index is 0.169. The maximum Gasteiger partial charge on any atom is 0.316 e. The Bertz CT molecular complexity index is 2050. The van der Waals surface area contributed by atoms with E-state index >= 15 is 0 Å². The van der Waals surface area contributed by atoms with Crippen LogP contribution < -0.4 is 4.74 Å². The number of nitrogens with zero attached hydrogens (tertiary/aromatic N) is 2. The molecule has 6 heterocycles. The number of hydrogen-bond acceptors (Lipinski definition) is 7. The topological polar surface area (TPSA) is 114 Å². The van der Waals surface area contributed by atoms with E-state index in [9.17, 15) is 15.0 Å². The zero-order chi connectivity index (χ0) is 35.3. The second kappa shape index (κ2) is 12.2. The molecule has 10 rings (SSSR count). The lowest BCUT2D eigenvalue weighted by Crippen LogP contribution is -2.63. The molecule has 9 nitrogen and oxygen atoms in total. The van der Waals surface area contributed by atoms with Gasteiger partial charge in [-0.3, -0.25) is 14.6 Å². The molecule has 4 aliphatic heterocycles.